The van der Waals surface area contributed by atoms with Crippen molar-refractivity contribution in [3.8, 4) is 10.6 Å². The fraction of sp³-hybridized carbons (Fsp3) is 0.500. The molecule has 4 heterocycles. The molecule has 2 N–H and O–H groups in total. The van der Waals surface area contributed by atoms with Crippen LogP contribution in [-0.4, -0.2) is 35.0 Å². The molecule has 3 aliphatic rings. The van der Waals surface area contributed by atoms with E-state index in [1.807, 2.05) is 12.3 Å². The van der Waals surface area contributed by atoms with Gasteiger partial charge < -0.3 is 19.9 Å². The van der Waals surface area contributed by atoms with Crippen LogP contribution in [0.3, 0.4) is 0 Å². The second-order valence-electron chi connectivity index (χ2n) is 7.42. The molecule has 1 saturated heterocycles. The Morgan fingerprint density at radius 2 is 2.14 bits per heavy atom. The molecule has 8 heteroatoms. The number of anilines is 1. The maximum Gasteiger partial charge on any atom is 0.252 e. The van der Waals surface area contributed by atoms with Gasteiger partial charge in [0.1, 0.15) is 16.1 Å². The Balaban J connectivity index is 1.50. The van der Waals surface area contributed by atoms with Gasteiger partial charge in [0, 0.05) is 27.1 Å². The summed E-state index contributed by atoms with van der Waals surface area (Å²) >= 11 is 3.20. The molecule has 148 valence electrons. The molecular weight excluding hydrogens is 396 g/mol. The van der Waals surface area contributed by atoms with Crippen LogP contribution < -0.4 is 5.32 Å². The van der Waals surface area contributed by atoms with Crippen LogP contribution in [0.15, 0.2) is 16.5 Å². The van der Waals surface area contributed by atoms with Gasteiger partial charge in [0.15, 0.2) is 6.29 Å². The lowest BCUT2D eigenvalue weighted by atomic mass is 9.89. The first-order valence-electron chi connectivity index (χ1n) is 9.63. The van der Waals surface area contributed by atoms with E-state index in [2.05, 4.69) is 10.3 Å². The number of epoxide rings is 1. The zero-order valence-electron chi connectivity index (χ0n) is 15.6. The van der Waals surface area contributed by atoms with Crippen molar-refractivity contribution in [2.75, 3.05) is 11.9 Å². The van der Waals surface area contributed by atoms with Gasteiger partial charge in [-0.25, -0.2) is 4.98 Å². The van der Waals surface area contributed by atoms with E-state index in [1.165, 1.54) is 10.4 Å². The van der Waals surface area contributed by atoms with Gasteiger partial charge in [-0.05, 0) is 50.2 Å². The van der Waals surface area contributed by atoms with Crippen LogP contribution >= 0.6 is 22.7 Å². The number of thiazole rings is 1. The van der Waals surface area contributed by atoms with Crippen LogP contribution in [0.2, 0.25) is 0 Å². The Hall–Kier alpha value is -1.58. The van der Waals surface area contributed by atoms with Gasteiger partial charge in [0.2, 0.25) is 0 Å². The van der Waals surface area contributed by atoms with Gasteiger partial charge in [-0.15, -0.1) is 22.7 Å². The zero-order chi connectivity index (χ0) is 19.3. The van der Waals surface area contributed by atoms with Gasteiger partial charge in [0.05, 0.1) is 13.2 Å². The Labute approximate surface area is 171 Å². The average molecular weight is 419 g/mol. The van der Waals surface area contributed by atoms with E-state index in [0.717, 1.165) is 64.5 Å². The summed E-state index contributed by atoms with van der Waals surface area (Å²) in [4.78, 5) is 19.0. The second-order valence-corrected chi connectivity index (χ2v) is 9.38. The van der Waals surface area contributed by atoms with Crippen molar-refractivity contribution in [2.24, 2.45) is 0 Å². The summed E-state index contributed by atoms with van der Waals surface area (Å²) in [5, 5.41) is 16.7. The van der Waals surface area contributed by atoms with Gasteiger partial charge in [-0.3, -0.25) is 4.79 Å². The highest BCUT2D eigenvalue weighted by Gasteiger charge is 2.43. The number of aryl methyl sites for hydroxylation is 1. The summed E-state index contributed by atoms with van der Waals surface area (Å²) in [6.45, 7) is 3.27. The Morgan fingerprint density at radius 1 is 1.32 bits per heavy atom. The highest BCUT2D eigenvalue weighted by molar-refractivity contribution is 7.18. The van der Waals surface area contributed by atoms with Gasteiger partial charge >= 0.3 is 0 Å². The molecule has 1 fully saturated rings. The third kappa shape index (κ3) is 3.33. The fourth-order valence-electron chi connectivity index (χ4n) is 4.06. The standard InChI is InChI=1S/C20H22N2O4S2/c1-10-9-27-18(21-10)15-13-6-7-25-8-14(13)28-19(15)22-17(23)12-5-3-2-4-11(12)16-20(24)26-16/h9,16,20,24H,2-8H2,1H3,(H,22,23)/t16-,20?/m1/s1. The minimum absolute atomic E-state index is 0.0774. The van der Waals surface area contributed by atoms with Crippen molar-refractivity contribution in [3.63, 3.8) is 0 Å². The number of amides is 1. The van der Waals surface area contributed by atoms with E-state index in [1.54, 1.807) is 22.7 Å². The topological polar surface area (TPSA) is 84.0 Å². The molecule has 0 spiro atoms. The molecule has 5 rings (SSSR count). The number of nitrogens with zero attached hydrogens (tertiary/aromatic N) is 1. The Bertz CT molecular complexity index is 962. The molecule has 2 aliphatic heterocycles. The van der Waals surface area contributed by atoms with Crippen molar-refractivity contribution in [1.29, 1.82) is 0 Å². The number of thiophene rings is 1. The Morgan fingerprint density at radius 3 is 2.89 bits per heavy atom. The molecule has 1 aliphatic carbocycles. The molecule has 6 nitrogen and oxygen atoms in total. The number of fused-ring (bicyclic) bond motifs is 1. The predicted molar refractivity (Wildman–Crippen MR) is 109 cm³/mol. The monoisotopic (exact) mass is 418 g/mol. The first-order chi connectivity index (χ1) is 13.6. The molecule has 1 unspecified atom stereocenters. The highest BCUT2D eigenvalue weighted by Crippen LogP contribution is 2.45. The average Bonchev–Trinajstić information content (AvgIpc) is 3.09. The number of rotatable bonds is 4. The number of ether oxygens (including phenoxy) is 2. The molecule has 2 atom stereocenters. The summed E-state index contributed by atoms with van der Waals surface area (Å²) < 4.78 is 10.9. The number of aromatic nitrogens is 1. The molecule has 2 aromatic heterocycles. The van der Waals surface area contributed by atoms with Crippen LogP contribution in [0.5, 0.6) is 0 Å². The number of carbonyl (C=O) groups excluding carboxylic acids is 1. The van der Waals surface area contributed by atoms with E-state index < -0.39 is 6.29 Å². The number of nitrogens with one attached hydrogen (secondary N) is 1. The van der Waals surface area contributed by atoms with Crippen LogP contribution in [0.1, 0.15) is 41.8 Å². The second kappa shape index (κ2) is 7.35. The summed E-state index contributed by atoms with van der Waals surface area (Å²) in [6, 6.07) is 0. The third-order valence-electron chi connectivity index (χ3n) is 5.48. The first-order valence-corrected chi connectivity index (χ1v) is 11.3. The van der Waals surface area contributed by atoms with Crippen molar-refractivity contribution < 1.29 is 19.4 Å². The molecular formula is C20H22N2O4S2. The van der Waals surface area contributed by atoms with Crippen LogP contribution in [0, 0.1) is 6.92 Å². The lowest BCUT2D eigenvalue weighted by Gasteiger charge is -2.18. The van der Waals surface area contributed by atoms with Gasteiger partial charge in [-0.1, -0.05) is 0 Å². The summed E-state index contributed by atoms with van der Waals surface area (Å²) in [5.41, 5.74) is 5.03. The van der Waals surface area contributed by atoms with E-state index in [0.29, 0.717) is 13.2 Å². The maximum atomic E-state index is 13.2. The minimum Gasteiger partial charge on any atom is -0.376 e. The predicted octanol–water partition coefficient (Wildman–Crippen LogP) is 3.78. The smallest absolute Gasteiger partial charge is 0.252 e. The van der Waals surface area contributed by atoms with Crippen molar-refractivity contribution in [1.82, 2.24) is 4.98 Å². The summed E-state index contributed by atoms with van der Waals surface area (Å²) in [5.74, 6) is -0.0774. The number of aliphatic hydroxyl groups excluding tert-OH is 1. The number of hydrogen-bond acceptors (Lipinski definition) is 7. The first kappa shape index (κ1) is 18.4. The number of aliphatic hydroxyl groups is 1. The Kier molecular flexibility index (Phi) is 4.84. The molecule has 28 heavy (non-hydrogen) atoms. The maximum absolute atomic E-state index is 13.2. The molecule has 0 saturated carbocycles. The van der Waals surface area contributed by atoms with Crippen LogP contribution in [0.4, 0.5) is 5.00 Å². The van der Waals surface area contributed by atoms with E-state index in [-0.39, 0.29) is 12.0 Å². The molecule has 0 bridgehead atoms. The van der Waals surface area contributed by atoms with Crippen molar-refractivity contribution in [3.05, 3.63) is 32.7 Å². The largest absolute Gasteiger partial charge is 0.376 e. The summed E-state index contributed by atoms with van der Waals surface area (Å²) in [6.07, 6.45) is 3.36. The van der Waals surface area contributed by atoms with Crippen LogP contribution in [0.25, 0.3) is 10.6 Å². The molecule has 2 aromatic rings. The zero-order valence-corrected chi connectivity index (χ0v) is 17.3. The van der Waals surface area contributed by atoms with Gasteiger partial charge in [-0.2, -0.15) is 0 Å². The quantitative estimate of drug-likeness (QED) is 0.739. The number of hydrogen-bond donors (Lipinski definition) is 2. The molecule has 0 aromatic carbocycles. The summed E-state index contributed by atoms with van der Waals surface area (Å²) in [7, 11) is 0. The SMILES string of the molecule is Cc1csc(-c2c(NC(=O)C3=C([C@H]4OC4O)CCCC3)sc3c2CCOC3)n1. The van der Waals surface area contributed by atoms with Crippen LogP contribution in [-0.2, 0) is 27.3 Å². The lowest BCUT2D eigenvalue weighted by molar-refractivity contribution is -0.113. The molecule has 1 amide bonds. The van der Waals surface area contributed by atoms with E-state index in [9.17, 15) is 9.90 Å². The van der Waals surface area contributed by atoms with E-state index in [4.69, 9.17) is 9.47 Å². The van der Waals surface area contributed by atoms with Crippen molar-refractivity contribution >= 4 is 33.6 Å². The molecule has 0 radical (unpaired) electrons. The van der Waals surface area contributed by atoms with Gasteiger partial charge in [0.25, 0.3) is 5.91 Å². The third-order valence-corrected chi connectivity index (χ3v) is 7.58. The fourth-order valence-corrected chi connectivity index (χ4v) is 6.18. The minimum atomic E-state index is -0.754. The van der Waals surface area contributed by atoms with E-state index >= 15 is 0 Å². The number of carbonyl (C=O) groups is 1. The highest BCUT2D eigenvalue weighted by atomic mass is 32.1. The lowest BCUT2D eigenvalue weighted by Crippen LogP contribution is -2.20. The van der Waals surface area contributed by atoms with Crippen molar-refractivity contribution in [2.45, 2.75) is 58.0 Å². The normalized spacial score (nSPS) is 24.2.